The van der Waals surface area contributed by atoms with Crippen LogP contribution in [0.4, 0.5) is 0 Å². The van der Waals surface area contributed by atoms with Gasteiger partial charge in [0, 0.05) is 18.5 Å². The van der Waals surface area contributed by atoms with Crippen LogP contribution in [-0.2, 0) is 33.8 Å². The van der Waals surface area contributed by atoms with Gasteiger partial charge in [-0.2, -0.15) is 4.80 Å². The highest BCUT2D eigenvalue weighted by Gasteiger charge is 2.35. The minimum Gasteiger partial charge on any atom is -0.467 e. The number of nitrogens with zero attached hydrogens (tertiary/aromatic N) is 5. The van der Waals surface area contributed by atoms with E-state index in [4.69, 9.17) is 4.74 Å². The van der Waals surface area contributed by atoms with Crippen molar-refractivity contribution in [3.8, 4) is 11.4 Å². The summed E-state index contributed by atoms with van der Waals surface area (Å²) in [5.74, 6) is -0.229. The summed E-state index contributed by atoms with van der Waals surface area (Å²) in [5, 5.41) is 12.4. The van der Waals surface area contributed by atoms with Gasteiger partial charge in [-0.05, 0) is 28.8 Å². The zero-order chi connectivity index (χ0) is 20.4. The Morgan fingerprint density at radius 1 is 1.10 bits per heavy atom. The van der Waals surface area contributed by atoms with Crippen LogP contribution >= 0.6 is 0 Å². The monoisotopic (exact) mass is 391 g/mol. The first-order valence-corrected chi connectivity index (χ1v) is 9.34. The van der Waals surface area contributed by atoms with Crippen molar-refractivity contribution < 1.29 is 14.3 Å². The number of ether oxygens (including phenoxy) is 1. The second-order valence-corrected chi connectivity index (χ2v) is 6.99. The normalized spacial score (nSPS) is 15.7. The molecule has 8 nitrogen and oxygen atoms in total. The smallest absolute Gasteiger partial charge is 0.328 e. The van der Waals surface area contributed by atoms with Gasteiger partial charge < -0.3 is 9.64 Å². The van der Waals surface area contributed by atoms with Gasteiger partial charge >= 0.3 is 5.97 Å². The Kier molecular flexibility index (Phi) is 5.07. The standard InChI is InChI=1S/C21H21N5O3/c1-14-7-3-6-10-17(14)20-22-24-26(23-20)13-19(27)25-12-16-9-5-4-8-15(16)11-18(25)21(28)29-2/h3-10,18H,11-13H2,1-2H3/t18-/m0/s1. The van der Waals surface area contributed by atoms with E-state index < -0.39 is 12.0 Å². The van der Waals surface area contributed by atoms with Gasteiger partial charge in [-0.15, -0.1) is 10.2 Å². The largest absolute Gasteiger partial charge is 0.467 e. The second kappa shape index (κ2) is 7.83. The number of carbonyl (C=O) groups is 2. The maximum Gasteiger partial charge on any atom is 0.328 e. The number of aryl methyl sites for hydroxylation is 1. The van der Waals surface area contributed by atoms with Crippen molar-refractivity contribution in [2.24, 2.45) is 0 Å². The quantitative estimate of drug-likeness (QED) is 0.630. The van der Waals surface area contributed by atoms with Crippen molar-refractivity contribution in [1.29, 1.82) is 0 Å². The van der Waals surface area contributed by atoms with Crippen molar-refractivity contribution in [1.82, 2.24) is 25.1 Å². The Labute approximate surface area is 168 Å². The molecule has 4 rings (SSSR count). The predicted octanol–water partition coefficient (Wildman–Crippen LogP) is 1.78. The lowest BCUT2D eigenvalue weighted by molar-refractivity contribution is -0.154. The Hall–Kier alpha value is -3.55. The number of esters is 1. The molecule has 1 aliphatic rings. The first kappa shape index (κ1) is 18.8. The van der Waals surface area contributed by atoms with Crippen molar-refractivity contribution >= 4 is 11.9 Å². The van der Waals surface area contributed by atoms with E-state index in [1.807, 2.05) is 55.5 Å². The van der Waals surface area contributed by atoms with E-state index in [1.54, 1.807) is 0 Å². The van der Waals surface area contributed by atoms with Crippen molar-refractivity contribution in [3.05, 3.63) is 65.2 Å². The van der Waals surface area contributed by atoms with Crippen LogP contribution in [0.2, 0.25) is 0 Å². The number of hydrogen-bond acceptors (Lipinski definition) is 6. The highest BCUT2D eigenvalue weighted by Crippen LogP contribution is 2.24. The van der Waals surface area contributed by atoms with Gasteiger partial charge in [0.2, 0.25) is 11.7 Å². The molecule has 3 aromatic rings. The van der Waals surface area contributed by atoms with Crippen LogP contribution in [-0.4, -0.2) is 50.1 Å². The molecule has 0 fully saturated rings. The third-order valence-corrected chi connectivity index (χ3v) is 5.16. The number of rotatable bonds is 4. The molecule has 0 unspecified atom stereocenters. The molecule has 0 N–H and O–H groups in total. The molecule has 8 heteroatoms. The number of amides is 1. The molecule has 1 atom stereocenters. The summed E-state index contributed by atoms with van der Waals surface area (Å²) in [7, 11) is 1.33. The van der Waals surface area contributed by atoms with Crippen LogP contribution in [0, 0.1) is 6.92 Å². The van der Waals surface area contributed by atoms with E-state index in [2.05, 4.69) is 15.4 Å². The number of carbonyl (C=O) groups excluding carboxylic acids is 2. The van der Waals surface area contributed by atoms with Crippen molar-refractivity contribution in [3.63, 3.8) is 0 Å². The Morgan fingerprint density at radius 2 is 1.83 bits per heavy atom. The van der Waals surface area contributed by atoms with E-state index in [0.29, 0.717) is 18.8 Å². The van der Waals surface area contributed by atoms with Crippen LogP contribution in [0.1, 0.15) is 16.7 Å². The van der Waals surface area contributed by atoms with Gasteiger partial charge in [-0.25, -0.2) is 4.79 Å². The average Bonchev–Trinajstić information content (AvgIpc) is 3.20. The summed E-state index contributed by atoms with van der Waals surface area (Å²) in [4.78, 5) is 28.1. The molecule has 0 spiro atoms. The lowest BCUT2D eigenvalue weighted by Gasteiger charge is -2.35. The summed E-state index contributed by atoms with van der Waals surface area (Å²) < 4.78 is 4.93. The molecule has 148 valence electrons. The highest BCUT2D eigenvalue weighted by atomic mass is 16.5. The number of benzene rings is 2. The van der Waals surface area contributed by atoms with Crippen LogP contribution in [0.25, 0.3) is 11.4 Å². The predicted molar refractivity (Wildman–Crippen MR) is 104 cm³/mol. The van der Waals surface area contributed by atoms with E-state index in [9.17, 15) is 9.59 Å². The van der Waals surface area contributed by atoms with Gasteiger partial charge in [0.05, 0.1) is 7.11 Å². The summed E-state index contributed by atoms with van der Waals surface area (Å²) in [6.07, 6.45) is 0.424. The van der Waals surface area contributed by atoms with Gasteiger partial charge in [-0.1, -0.05) is 48.5 Å². The molecule has 0 aliphatic carbocycles. The molecular weight excluding hydrogens is 370 g/mol. The van der Waals surface area contributed by atoms with E-state index in [-0.39, 0.29) is 12.5 Å². The number of hydrogen-bond donors (Lipinski definition) is 0. The molecule has 1 amide bonds. The van der Waals surface area contributed by atoms with Crippen LogP contribution in [0.5, 0.6) is 0 Å². The first-order valence-electron chi connectivity index (χ1n) is 9.34. The number of aromatic nitrogens is 4. The fourth-order valence-electron chi connectivity index (χ4n) is 3.59. The van der Waals surface area contributed by atoms with Gasteiger partial charge in [0.1, 0.15) is 12.6 Å². The van der Waals surface area contributed by atoms with E-state index in [0.717, 1.165) is 22.3 Å². The fourth-order valence-corrected chi connectivity index (χ4v) is 3.59. The number of tetrazole rings is 1. The van der Waals surface area contributed by atoms with Gasteiger partial charge in [-0.3, -0.25) is 4.79 Å². The van der Waals surface area contributed by atoms with E-state index >= 15 is 0 Å². The summed E-state index contributed by atoms with van der Waals surface area (Å²) in [5.41, 5.74) is 3.96. The first-order chi connectivity index (χ1) is 14.1. The molecule has 29 heavy (non-hydrogen) atoms. The van der Waals surface area contributed by atoms with Crippen LogP contribution < -0.4 is 0 Å². The highest BCUT2D eigenvalue weighted by molar-refractivity contribution is 5.85. The summed E-state index contributed by atoms with van der Waals surface area (Å²) >= 11 is 0. The second-order valence-electron chi connectivity index (χ2n) is 6.99. The summed E-state index contributed by atoms with van der Waals surface area (Å²) in [6.45, 7) is 2.20. The lowest BCUT2D eigenvalue weighted by Crippen LogP contribution is -2.50. The third kappa shape index (κ3) is 3.73. The summed E-state index contributed by atoms with van der Waals surface area (Å²) in [6, 6.07) is 14.8. The molecule has 1 aromatic heterocycles. The maximum atomic E-state index is 13.0. The molecular formula is C21H21N5O3. The minimum absolute atomic E-state index is 0.103. The molecule has 1 aliphatic heterocycles. The number of methoxy groups -OCH3 is 1. The Morgan fingerprint density at radius 3 is 2.59 bits per heavy atom. The molecule has 0 saturated heterocycles. The van der Waals surface area contributed by atoms with Crippen LogP contribution in [0.3, 0.4) is 0 Å². The SMILES string of the molecule is COC(=O)[C@@H]1Cc2ccccc2CN1C(=O)Cn1nnc(-c2ccccc2C)n1. The maximum absolute atomic E-state index is 13.0. The number of fused-ring (bicyclic) bond motifs is 1. The van der Waals surface area contributed by atoms with E-state index in [1.165, 1.54) is 16.8 Å². The minimum atomic E-state index is -0.665. The van der Waals surface area contributed by atoms with Gasteiger partial charge in [0.25, 0.3) is 0 Å². The Bertz CT molecular complexity index is 1060. The molecule has 0 radical (unpaired) electrons. The molecule has 0 saturated carbocycles. The Balaban J connectivity index is 1.56. The van der Waals surface area contributed by atoms with Crippen molar-refractivity contribution in [2.45, 2.75) is 32.5 Å². The molecule has 0 bridgehead atoms. The molecule has 2 heterocycles. The van der Waals surface area contributed by atoms with Crippen LogP contribution in [0.15, 0.2) is 48.5 Å². The zero-order valence-corrected chi connectivity index (χ0v) is 16.3. The topological polar surface area (TPSA) is 90.2 Å². The third-order valence-electron chi connectivity index (χ3n) is 5.16. The average molecular weight is 391 g/mol. The van der Waals surface area contributed by atoms with Crippen molar-refractivity contribution in [2.75, 3.05) is 7.11 Å². The fraction of sp³-hybridized carbons (Fsp3) is 0.286. The zero-order valence-electron chi connectivity index (χ0n) is 16.3. The molecule has 2 aromatic carbocycles. The lowest BCUT2D eigenvalue weighted by atomic mass is 9.94. The van der Waals surface area contributed by atoms with Gasteiger partial charge in [0.15, 0.2) is 0 Å².